The third-order valence-corrected chi connectivity index (χ3v) is 5.83. The van der Waals surface area contributed by atoms with Gasteiger partial charge in [0.1, 0.15) is 45.4 Å². The highest BCUT2D eigenvalue weighted by atomic mass is 16.8. The molecule has 0 aliphatic heterocycles. The van der Waals surface area contributed by atoms with Gasteiger partial charge in [0.25, 0.3) is 0 Å². The van der Waals surface area contributed by atoms with E-state index in [-0.39, 0.29) is 11.5 Å². The van der Waals surface area contributed by atoms with Crippen molar-refractivity contribution in [3.63, 3.8) is 0 Å². The molecule has 4 aromatic rings. The lowest BCUT2D eigenvalue weighted by molar-refractivity contribution is -0.0295. The highest BCUT2D eigenvalue weighted by molar-refractivity contribution is 5.95. The van der Waals surface area contributed by atoms with E-state index in [1.165, 1.54) is 0 Å². The van der Waals surface area contributed by atoms with E-state index < -0.39 is 47.0 Å². The van der Waals surface area contributed by atoms with Gasteiger partial charge in [-0.25, -0.2) is 19.2 Å². The Balaban J connectivity index is 0.000000303. The standard InChI is InChI=1S/C20H24O6.C10H18O5.C10H8O2/c1-19(2,3)25-17(21)23-15-11-7-10-14-13(15)9-8-12-16(14)24-18(22)26-20(4,5)6;1-9(2,3)14-7(11)13-8(12)15-10(4,5)6;11-9-5-1-3-7-8(9)4-2-6-10(7)12/h7-12H,1-6H3;1-6H3;1-6,11-12H. The predicted molar refractivity (Wildman–Crippen MR) is 199 cm³/mol. The topological polar surface area (TPSA) is 173 Å². The minimum atomic E-state index is -1.06. The SMILES string of the molecule is CC(C)(C)OC(=O)OC(=O)OC(C)(C)C.CC(C)(C)OC(=O)Oc1cccc2c(OC(=O)OC(C)(C)C)cccc12.Oc1cccc2c(O)cccc12. The summed E-state index contributed by atoms with van der Waals surface area (Å²) in [4.78, 5) is 45.9. The second kappa shape index (κ2) is 17.7. The van der Waals surface area contributed by atoms with Gasteiger partial charge in [0.15, 0.2) is 0 Å². The van der Waals surface area contributed by atoms with Crippen LogP contribution >= 0.6 is 0 Å². The first kappa shape index (κ1) is 43.4. The monoisotopic (exact) mass is 738 g/mol. The lowest BCUT2D eigenvalue weighted by atomic mass is 10.1. The third kappa shape index (κ3) is 16.4. The molecule has 0 saturated carbocycles. The molecule has 13 heteroatoms. The summed E-state index contributed by atoms with van der Waals surface area (Å²) in [6.45, 7) is 20.5. The van der Waals surface area contributed by atoms with Gasteiger partial charge < -0.3 is 43.4 Å². The number of benzene rings is 4. The first-order chi connectivity index (χ1) is 24.2. The summed E-state index contributed by atoms with van der Waals surface area (Å²) in [5.41, 5.74) is -2.71. The van der Waals surface area contributed by atoms with Crippen LogP contribution in [0.4, 0.5) is 19.2 Å². The molecule has 0 atom stereocenters. The van der Waals surface area contributed by atoms with Crippen LogP contribution in [-0.2, 0) is 23.7 Å². The molecule has 0 spiro atoms. The minimum absolute atomic E-state index is 0.198. The molecule has 288 valence electrons. The van der Waals surface area contributed by atoms with Crippen LogP contribution in [0.1, 0.15) is 83.1 Å². The number of fused-ring (bicyclic) bond motifs is 2. The summed E-state index contributed by atoms with van der Waals surface area (Å²) in [6.07, 6.45) is -3.72. The normalized spacial score (nSPS) is 11.5. The van der Waals surface area contributed by atoms with Crippen molar-refractivity contribution in [2.24, 2.45) is 0 Å². The fourth-order valence-electron chi connectivity index (χ4n) is 4.04. The zero-order valence-corrected chi connectivity index (χ0v) is 32.3. The van der Waals surface area contributed by atoms with E-state index in [1.807, 2.05) is 0 Å². The van der Waals surface area contributed by atoms with Gasteiger partial charge in [0, 0.05) is 21.5 Å². The number of aromatic hydroxyl groups is 2. The van der Waals surface area contributed by atoms with Gasteiger partial charge in [0.05, 0.1) is 0 Å². The van der Waals surface area contributed by atoms with Gasteiger partial charge in [-0.3, -0.25) is 0 Å². The van der Waals surface area contributed by atoms with Crippen LogP contribution < -0.4 is 9.47 Å². The van der Waals surface area contributed by atoms with Gasteiger partial charge >= 0.3 is 24.6 Å². The van der Waals surface area contributed by atoms with E-state index in [1.54, 1.807) is 156 Å². The maximum absolute atomic E-state index is 11.9. The van der Waals surface area contributed by atoms with Crippen molar-refractivity contribution in [1.29, 1.82) is 0 Å². The number of phenols is 2. The lowest BCUT2D eigenvalue weighted by Crippen LogP contribution is -2.29. The smallest absolute Gasteiger partial charge is 0.507 e. The van der Waals surface area contributed by atoms with Crippen LogP contribution in [0.2, 0.25) is 0 Å². The Morgan fingerprint density at radius 2 is 0.660 bits per heavy atom. The molecule has 0 aliphatic rings. The molecule has 0 radical (unpaired) electrons. The van der Waals surface area contributed by atoms with Crippen molar-refractivity contribution >= 4 is 46.2 Å². The Kier molecular flexibility index (Phi) is 14.5. The van der Waals surface area contributed by atoms with Crippen LogP contribution in [0.5, 0.6) is 23.0 Å². The van der Waals surface area contributed by atoms with Crippen LogP contribution in [0.3, 0.4) is 0 Å². The fraction of sp³-hybridized carbons (Fsp3) is 0.400. The number of phenolic OH excluding ortho intramolecular Hbond substituents is 2. The summed E-state index contributed by atoms with van der Waals surface area (Å²) in [7, 11) is 0. The summed E-state index contributed by atoms with van der Waals surface area (Å²) in [5.74, 6) is 1.02. The van der Waals surface area contributed by atoms with Gasteiger partial charge in [-0.1, -0.05) is 48.5 Å². The van der Waals surface area contributed by atoms with Crippen molar-refractivity contribution in [2.45, 2.75) is 105 Å². The third-order valence-electron chi connectivity index (χ3n) is 5.83. The molecule has 2 N–H and O–H groups in total. The Morgan fingerprint density at radius 3 is 0.962 bits per heavy atom. The van der Waals surface area contributed by atoms with Crippen molar-refractivity contribution in [2.75, 3.05) is 0 Å². The van der Waals surface area contributed by atoms with Crippen LogP contribution in [0, 0.1) is 0 Å². The number of carbonyl (C=O) groups is 4. The molecule has 0 heterocycles. The molecular weight excluding hydrogens is 688 g/mol. The molecule has 4 aromatic carbocycles. The molecule has 0 saturated heterocycles. The number of ether oxygens (including phenoxy) is 7. The highest BCUT2D eigenvalue weighted by Gasteiger charge is 2.25. The Labute approximate surface area is 309 Å². The van der Waals surface area contributed by atoms with Crippen LogP contribution in [0.25, 0.3) is 21.5 Å². The number of hydrogen-bond acceptors (Lipinski definition) is 13. The molecular formula is C40H50O13. The van der Waals surface area contributed by atoms with E-state index in [0.29, 0.717) is 33.0 Å². The van der Waals surface area contributed by atoms with E-state index >= 15 is 0 Å². The van der Waals surface area contributed by atoms with E-state index in [2.05, 4.69) is 4.74 Å². The first-order valence-electron chi connectivity index (χ1n) is 16.6. The summed E-state index contributed by atoms with van der Waals surface area (Å²) in [5, 5.41) is 21.3. The van der Waals surface area contributed by atoms with Crippen molar-refractivity contribution in [3.05, 3.63) is 72.8 Å². The van der Waals surface area contributed by atoms with Crippen LogP contribution in [0.15, 0.2) is 72.8 Å². The zero-order chi connectivity index (χ0) is 40.4. The van der Waals surface area contributed by atoms with Crippen LogP contribution in [-0.4, -0.2) is 57.2 Å². The molecule has 53 heavy (non-hydrogen) atoms. The molecule has 0 fully saturated rings. The van der Waals surface area contributed by atoms with Gasteiger partial charge in [-0.15, -0.1) is 0 Å². The lowest BCUT2D eigenvalue weighted by Gasteiger charge is -2.20. The molecule has 0 aliphatic carbocycles. The Morgan fingerprint density at radius 1 is 0.396 bits per heavy atom. The number of hydrogen-bond donors (Lipinski definition) is 2. The quantitative estimate of drug-likeness (QED) is 0.0861. The molecule has 13 nitrogen and oxygen atoms in total. The van der Waals surface area contributed by atoms with Crippen molar-refractivity contribution < 1.29 is 62.5 Å². The van der Waals surface area contributed by atoms with Gasteiger partial charge in [0.2, 0.25) is 0 Å². The Bertz CT molecular complexity index is 1750. The Hall–Kier alpha value is -5.72. The summed E-state index contributed by atoms with van der Waals surface area (Å²) >= 11 is 0. The second-order valence-electron chi connectivity index (χ2n) is 15.4. The molecule has 0 amide bonds. The molecule has 4 rings (SSSR count). The molecule has 0 aromatic heterocycles. The van der Waals surface area contributed by atoms with E-state index in [9.17, 15) is 29.4 Å². The molecule has 0 bridgehead atoms. The zero-order valence-electron chi connectivity index (χ0n) is 32.3. The average Bonchev–Trinajstić information content (AvgIpc) is 2.95. The maximum atomic E-state index is 11.9. The maximum Gasteiger partial charge on any atom is 0.519 e. The summed E-state index contributed by atoms with van der Waals surface area (Å²) < 4.78 is 34.8. The van der Waals surface area contributed by atoms with E-state index in [4.69, 9.17) is 28.4 Å². The van der Waals surface area contributed by atoms with E-state index in [0.717, 1.165) is 0 Å². The van der Waals surface area contributed by atoms with Crippen molar-refractivity contribution in [3.8, 4) is 23.0 Å². The van der Waals surface area contributed by atoms with Gasteiger partial charge in [-0.2, -0.15) is 0 Å². The average molecular weight is 739 g/mol. The highest BCUT2D eigenvalue weighted by Crippen LogP contribution is 2.33. The molecule has 0 unspecified atom stereocenters. The second-order valence-corrected chi connectivity index (χ2v) is 15.4. The fourth-order valence-corrected chi connectivity index (χ4v) is 4.04. The first-order valence-corrected chi connectivity index (χ1v) is 16.6. The van der Waals surface area contributed by atoms with Crippen molar-refractivity contribution in [1.82, 2.24) is 0 Å². The number of rotatable bonds is 2. The minimum Gasteiger partial charge on any atom is -0.507 e. The predicted octanol–water partition coefficient (Wildman–Crippen LogP) is 10.6. The summed E-state index contributed by atoms with van der Waals surface area (Å²) in [6, 6.07) is 20.3. The van der Waals surface area contributed by atoms with Gasteiger partial charge in [-0.05, 0) is 107 Å². The number of carbonyl (C=O) groups excluding carboxylic acids is 4. The largest absolute Gasteiger partial charge is 0.519 e.